The van der Waals surface area contributed by atoms with Gasteiger partial charge in [-0.2, -0.15) is 0 Å². The normalized spacial score (nSPS) is 18.3. The van der Waals surface area contributed by atoms with Gasteiger partial charge in [0.05, 0.1) is 37.3 Å². The van der Waals surface area contributed by atoms with Crippen molar-refractivity contribution in [3.8, 4) is 0 Å². The quantitative estimate of drug-likeness (QED) is 0.689. The van der Waals surface area contributed by atoms with Crippen molar-refractivity contribution in [3.63, 3.8) is 0 Å². The Bertz CT molecular complexity index is 633. The molecule has 1 aromatic heterocycles. The number of hydrogen-bond acceptors (Lipinski definition) is 7. The minimum atomic E-state index is -0.413. The molecule has 25 heavy (non-hydrogen) atoms. The zero-order valence-corrected chi connectivity index (χ0v) is 15.4. The standard InChI is InChI=1S/C16H23N3O5S/c1-4-24-14(21)6-12-9-25-16(17-12)18-15(22)11-5-13(20)19(7-11)10(2)8-23-3/h9-11H,4-8H2,1-3H3,(H,17,18,22)/t10-,11+/m1/s1. The Hall–Kier alpha value is -2.00. The highest BCUT2D eigenvalue weighted by Gasteiger charge is 2.36. The summed E-state index contributed by atoms with van der Waals surface area (Å²) in [6.07, 6.45) is 0.255. The van der Waals surface area contributed by atoms with Crippen molar-refractivity contribution in [3.05, 3.63) is 11.1 Å². The van der Waals surface area contributed by atoms with E-state index in [1.807, 2.05) is 6.92 Å². The minimum absolute atomic E-state index is 0.0492. The summed E-state index contributed by atoms with van der Waals surface area (Å²) in [5.41, 5.74) is 0.552. The summed E-state index contributed by atoms with van der Waals surface area (Å²) < 4.78 is 9.94. The average molecular weight is 369 g/mol. The van der Waals surface area contributed by atoms with E-state index < -0.39 is 5.92 Å². The smallest absolute Gasteiger partial charge is 0.311 e. The van der Waals surface area contributed by atoms with Gasteiger partial charge in [0.25, 0.3) is 0 Å². The van der Waals surface area contributed by atoms with E-state index in [1.165, 1.54) is 11.3 Å². The highest BCUT2D eigenvalue weighted by molar-refractivity contribution is 7.13. The molecule has 1 aromatic rings. The third-order valence-corrected chi connectivity index (χ3v) is 4.69. The van der Waals surface area contributed by atoms with Crippen molar-refractivity contribution in [1.82, 2.24) is 9.88 Å². The summed E-state index contributed by atoms with van der Waals surface area (Å²) in [5, 5.41) is 4.85. The zero-order valence-electron chi connectivity index (χ0n) is 14.6. The van der Waals surface area contributed by atoms with Gasteiger partial charge in [0, 0.05) is 25.5 Å². The largest absolute Gasteiger partial charge is 0.466 e. The molecule has 2 heterocycles. The number of nitrogens with zero attached hydrogens (tertiary/aromatic N) is 2. The topological polar surface area (TPSA) is 97.8 Å². The summed E-state index contributed by atoms with van der Waals surface area (Å²) in [4.78, 5) is 41.8. The number of nitrogens with one attached hydrogen (secondary N) is 1. The van der Waals surface area contributed by atoms with Crippen LogP contribution in [0.2, 0.25) is 0 Å². The first-order valence-electron chi connectivity index (χ1n) is 8.13. The number of rotatable bonds is 8. The molecule has 1 N–H and O–H groups in total. The van der Waals surface area contributed by atoms with Gasteiger partial charge in [-0.25, -0.2) is 4.98 Å². The molecular weight excluding hydrogens is 346 g/mol. The van der Waals surface area contributed by atoms with E-state index >= 15 is 0 Å². The Morgan fingerprint density at radius 2 is 2.28 bits per heavy atom. The van der Waals surface area contributed by atoms with Gasteiger partial charge in [0.15, 0.2) is 5.13 Å². The maximum Gasteiger partial charge on any atom is 0.311 e. The van der Waals surface area contributed by atoms with E-state index in [1.54, 1.807) is 24.3 Å². The van der Waals surface area contributed by atoms with Crippen LogP contribution in [0.3, 0.4) is 0 Å². The first-order valence-corrected chi connectivity index (χ1v) is 9.01. The molecule has 9 heteroatoms. The predicted molar refractivity (Wildman–Crippen MR) is 92.2 cm³/mol. The van der Waals surface area contributed by atoms with E-state index in [0.29, 0.717) is 30.6 Å². The lowest BCUT2D eigenvalue weighted by Crippen LogP contribution is -2.38. The molecule has 8 nitrogen and oxygen atoms in total. The lowest BCUT2D eigenvalue weighted by Gasteiger charge is -2.23. The van der Waals surface area contributed by atoms with Crippen LogP contribution in [0.15, 0.2) is 5.38 Å². The minimum Gasteiger partial charge on any atom is -0.466 e. The SMILES string of the molecule is CCOC(=O)Cc1csc(NC(=O)[C@H]2CC(=O)N([C@H](C)COC)C2)n1. The maximum atomic E-state index is 12.4. The molecule has 0 bridgehead atoms. The molecule has 0 radical (unpaired) electrons. The van der Waals surface area contributed by atoms with E-state index in [9.17, 15) is 14.4 Å². The van der Waals surface area contributed by atoms with Crippen LogP contribution < -0.4 is 5.32 Å². The molecule has 1 aliphatic heterocycles. The van der Waals surface area contributed by atoms with Crippen molar-refractivity contribution in [2.24, 2.45) is 5.92 Å². The van der Waals surface area contributed by atoms with Crippen LogP contribution in [-0.2, 0) is 30.3 Å². The van der Waals surface area contributed by atoms with Crippen molar-refractivity contribution < 1.29 is 23.9 Å². The Morgan fingerprint density at radius 1 is 1.52 bits per heavy atom. The zero-order chi connectivity index (χ0) is 18.4. The molecular formula is C16H23N3O5S. The second kappa shape index (κ2) is 8.91. The number of carbonyl (C=O) groups excluding carboxylic acids is 3. The molecule has 0 unspecified atom stereocenters. The molecule has 0 spiro atoms. The number of anilines is 1. The average Bonchev–Trinajstić information content (AvgIpc) is 3.14. The third-order valence-electron chi connectivity index (χ3n) is 3.88. The molecule has 2 amide bonds. The Kier molecular flexibility index (Phi) is 6.89. The number of thiazole rings is 1. The number of methoxy groups -OCH3 is 1. The number of ether oxygens (including phenoxy) is 2. The van der Waals surface area contributed by atoms with E-state index in [2.05, 4.69) is 10.3 Å². The lowest BCUT2D eigenvalue weighted by molar-refractivity contribution is -0.142. The Balaban J connectivity index is 1.89. The van der Waals surface area contributed by atoms with Gasteiger partial charge in [0.2, 0.25) is 11.8 Å². The van der Waals surface area contributed by atoms with E-state index in [4.69, 9.17) is 9.47 Å². The van der Waals surface area contributed by atoms with Gasteiger partial charge in [-0.15, -0.1) is 11.3 Å². The van der Waals surface area contributed by atoms with E-state index in [0.717, 1.165) is 0 Å². The number of aromatic nitrogens is 1. The summed E-state index contributed by atoms with van der Waals surface area (Å²) in [6.45, 7) is 4.76. The van der Waals surface area contributed by atoms with Crippen LogP contribution in [0.4, 0.5) is 5.13 Å². The van der Waals surface area contributed by atoms with Gasteiger partial charge < -0.3 is 19.7 Å². The Labute approximate surface area is 150 Å². The monoisotopic (exact) mass is 369 g/mol. The third kappa shape index (κ3) is 5.23. The summed E-state index contributed by atoms with van der Waals surface area (Å²) in [7, 11) is 1.58. The molecule has 0 saturated carbocycles. The highest BCUT2D eigenvalue weighted by Crippen LogP contribution is 2.23. The van der Waals surface area contributed by atoms with Gasteiger partial charge >= 0.3 is 5.97 Å². The first kappa shape index (κ1) is 19.3. The molecule has 0 aliphatic carbocycles. The van der Waals surface area contributed by atoms with Crippen molar-refractivity contribution in [2.75, 3.05) is 32.2 Å². The van der Waals surface area contributed by atoms with Crippen molar-refractivity contribution >= 4 is 34.3 Å². The fourth-order valence-electron chi connectivity index (χ4n) is 2.68. The van der Waals surface area contributed by atoms with Crippen LogP contribution in [-0.4, -0.2) is 60.6 Å². The van der Waals surface area contributed by atoms with Gasteiger partial charge in [-0.1, -0.05) is 0 Å². The van der Waals surface area contributed by atoms with Crippen LogP contribution >= 0.6 is 11.3 Å². The second-order valence-electron chi connectivity index (χ2n) is 5.87. The van der Waals surface area contributed by atoms with Crippen molar-refractivity contribution in [2.45, 2.75) is 32.7 Å². The second-order valence-corrected chi connectivity index (χ2v) is 6.72. The summed E-state index contributed by atoms with van der Waals surface area (Å²) in [5.74, 6) is -1.05. The Morgan fingerprint density at radius 3 is 2.96 bits per heavy atom. The molecule has 138 valence electrons. The molecule has 2 atom stereocenters. The molecule has 1 saturated heterocycles. The molecule has 1 fully saturated rings. The van der Waals surface area contributed by atoms with Crippen molar-refractivity contribution in [1.29, 1.82) is 0 Å². The van der Waals surface area contributed by atoms with Crippen LogP contribution in [0, 0.1) is 5.92 Å². The number of amides is 2. The van der Waals surface area contributed by atoms with Gasteiger partial charge in [-0.05, 0) is 13.8 Å². The molecule has 1 aliphatic rings. The molecule has 0 aromatic carbocycles. The fourth-order valence-corrected chi connectivity index (χ4v) is 3.39. The number of carbonyl (C=O) groups is 3. The summed E-state index contributed by atoms with van der Waals surface area (Å²) >= 11 is 1.24. The maximum absolute atomic E-state index is 12.4. The van der Waals surface area contributed by atoms with Crippen LogP contribution in [0.25, 0.3) is 0 Å². The molecule has 2 rings (SSSR count). The van der Waals surface area contributed by atoms with Gasteiger partial charge in [0.1, 0.15) is 0 Å². The number of likely N-dealkylation sites (tertiary alicyclic amines) is 1. The first-order chi connectivity index (χ1) is 11.9. The van der Waals surface area contributed by atoms with Gasteiger partial charge in [-0.3, -0.25) is 14.4 Å². The highest BCUT2D eigenvalue weighted by atomic mass is 32.1. The van der Waals surface area contributed by atoms with Crippen LogP contribution in [0.1, 0.15) is 26.0 Å². The summed E-state index contributed by atoms with van der Waals surface area (Å²) in [6, 6.07) is -0.0636. The number of esters is 1. The number of hydrogen-bond donors (Lipinski definition) is 1. The lowest BCUT2D eigenvalue weighted by atomic mass is 10.1. The fraction of sp³-hybridized carbons (Fsp3) is 0.625. The van der Waals surface area contributed by atoms with E-state index in [-0.39, 0.29) is 36.7 Å². The van der Waals surface area contributed by atoms with Crippen LogP contribution in [0.5, 0.6) is 0 Å². The predicted octanol–water partition coefficient (Wildman–Crippen LogP) is 1.07.